The molecule has 1 amide bonds. The molecule has 0 spiro atoms. The van der Waals surface area contributed by atoms with E-state index in [9.17, 15) is 4.79 Å². The van der Waals surface area contributed by atoms with Crippen molar-refractivity contribution in [3.05, 3.63) is 71.0 Å². The monoisotopic (exact) mass is 440 g/mol. The molecule has 3 aromatic rings. The van der Waals surface area contributed by atoms with Gasteiger partial charge in [-0.25, -0.2) is 4.68 Å². The van der Waals surface area contributed by atoms with Crippen molar-refractivity contribution < 1.29 is 9.53 Å². The molecule has 1 aliphatic heterocycles. The van der Waals surface area contributed by atoms with Crippen LogP contribution in [0.15, 0.2) is 54.6 Å². The van der Waals surface area contributed by atoms with Crippen molar-refractivity contribution in [3.63, 3.8) is 0 Å². The third-order valence-corrected chi connectivity index (χ3v) is 5.53. The number of carbonyl (C=O) groups excluding carboxylic acids is 1. The standard InChI is InChI=1S/C22H25ClN6O2/c23-18-6-8-20(9-7-18)31-16-21-25-26-27-29(21)15-22(30)24-19-10-12-28(13-11-19)14-17-4-2-1-3-5-17/h1-9,19H,10-16H2,(H,24,30). The minimum absolute atomic E-state index is 0.0660. The summed E-state index contributed by atoms with van der Waals surface area (Å²) in [6, 6.07) is 17.7. The van der Waals surface area contributed by atoms with E-state index >= 15 is 0 Å². The van der Waals surface area contributed by atoms with Crippen LogP contribution in [0, 0.1) is 0 Å². The average Bonchev–Trinajstić information content (AvgIpc) is 3.22. The molecule has 1 fully saturated rings. The predicted octanol–water partition coefficient (Wildman–Crippen LogP) is 2.69. The highest BCUT2D eigenvalue weighted by atomic mass is 35.5. The molecule has 9 heteroatoms. The van der Waals surface area contributed by atoms with Crippen LogP contribution in [0.5, 0.6) is 5.75 Å². The van der Waals surface area contributed by atoms with Crippen LogP contribution in [-0.2, 0) is 24.5 Å². The van der Waals surface area contributed by atoms with Crippen LogP contribution >= 0.6 is 11.6 Å². The molecule has 0 radical (unpaired) electrons. The van der Waals surface area contributed by atoms with Gasteiger partial charge in [-0.1, -0.05) is 41.9 Å². The van der Waals surface area contributed by atoms with E-state index in [0.717, 1.165) is 32.5 Å². The van der Waals surface area contributed by atoms with E-state index in [-0.39, 0.29) is 25.1 Å². The number of likely N-dealkylation sites (tertiary alicyclic amines) is 1. The number of amides is 1. The molecule has 4 rings (SSSR count). The Morgan fingerprint density at radius 2 is 1.84 bits per heavy atom. The van der Waals surface area contributed by atoms with Gasteiger partial charge in [0.2, 0.25) is 5.91 Å². The Kier molecular flexibility index (Phi) is 7.11. The second-order valence-corrected chi connectivity index (χ2v) is 8.04. The first-order valence-corrected chi connectivity index (χ1v) is 10.7. The SMILES string of the molecule is O=C(Cn1nnnc1COc1ccc(Cl)cc1)NC1CCN(Cc2ccccc2)CC1. The molecule has 0 saturated carbocycles. The quantitative estimate of drug-likeness (QED) is 0.579. The lowest BCUT2D eigenvalue weighted by Crippen LogP contribution is -2.45. The first kappa shape index (κ1) is 21.3. The molecule has 162 valence electrons. The Bertz CT molecular complexity index is 971. The molecular formula is C22H25ClN6O2. The number of rotatable bonds is 8. The number of hydrogen-bond donors (Lipinski definition) is 1. The lowest BCUT2D eigenvalue weighted by Gasteiger charge is -2.32. The van der Waals surface area contributed by atoms with Crippen molar-refractivity contribution in [2.45, 2.75) is 38.6 Å². The highest BCUT2D eigenvalue weighted by molar-refractivity contribution is 6.30. The minimum Gasteiger partial charge on any atom is -0.486 e. The van der Waals surface area contributed by atoms with Gasteiger partial charge in [0.15, 0.2) is 5.82 Å². The Balaban J connectivity index is 1.22. The predicted molar refractivity (Wildman–Crippen MR) is 116 cm³/mol. The van der Waals surface area contributed by atoms with Gasteiger partial charge in [0.1, 0.15) is 18.9 Å². The number of piperidine rings is 1. The van der Waals surface area contributed by atoms with Crippen LogP contribution in [0.4, 0.5) is 0 Å². The summed E-state index contributed by atoms with van der Waals surface area (Å²) in [7, 11) is 0. The number of benzene rings is 2. The summed E-state index contributed by atoms with van der Waals surface area (Å²) < 4.78 is 7.15. The summed E-state index contributed by atoms with van der Waals surface area (Å²) in [6.07, 6.45) is 1.86. The fourth-order valence-electron chi connectivity index (χ4n) is 3.61. The largest absolute Gasteiger partial charge is 0.486 e. The van der Waals surface area contributed by atoms with Crippen molar-refractivity contribution in [2.75, 3.05) is 13.1 Å². The first-order chi connectivity index (χ1) is 15.2. The van der Waals surface area contributed by atoms with Crippen LogP contribution in [0.2, 0.25) is 5.02 Å². The Hall–Kier alpha value is -2.97. The molecule has 31 heavy (non-hydrogen) atoms. The van der Waals surface area contributed by atoms with Gasteiger partial charge in [0.05, 0.1) is 0 Å². The molecule has 1 aromatic heterocycles. The summed E-state index contributed by atoms with van der Waals surface area (Å²) in [6.45, 7) is 3.11. The Morgan fingerprint density at radius 3 is 2.58 bits per heavy atom. The summed E-state index contributed by atoms with van der Waals surface area (Å²) in [5, 5.41) is 15.3. The van der Waals surface area contributed by atoms with E-state index in [1.54, 1.807) is 24.3 Å². The molecule has 0 aliphatic carbocycles. The number of nitrogens with one attached hydrogen (secondary N) is 1. The molecule has 2 aromatic carbocycles. The number of nitrogens with zero attached hydrogens (tertiary/aromatic N) is 5. The van der Waals surface area contributed by atoms with E-state index in [1.807, 2.05) is 6.07 Å². The van der Waals surface area contributed by atoms with Gasteiger partial charge in [0, 0.05) is 30.7 Å². The Morgan fingerprint density at radius 1 is 1.10 bits per heavy atom. The highest BCUT2D eigenvalue weighted by Crippen LogP contribution is 2.17. The third-order valence-electron chi connectivity index (χ3n) is 5.28. The van der Waals surface area contributed by atoms with Gasteiger partial charge in [-0.15, -0.1) is 5.10 Å². The van der Waals surface area contributed by atoms with Crippen molar-refractivity contribution in [3.8, 4) is 5.75 Å². The van der Waals surface area contributed by atoms with Crippen molar-refractivity contribution >= 4 is 17.5 Å². The van der Waals surface area contributed by atoms with Gasteiger partial charge in [-0.3, -0.25) is 9.69 Å². The minimum atomic E-state index is -0.0958. The second kappa shape index (κ2) is 10.4. The van der Waals surface area contributed by atoms with Crippen LogP contribution in [0.25, 0.3) is 0 Å². The third kappa shape index (κ3) is 6.26. The molecule has 1 aliphatic rings. The zero-order valence-electron chi connectivity index (χ0n) is 17.2. The number of tetrazole rings is 1. The van der Waals surface area contributed by atoms with Crippen LogP contribution in [0.1, 0.15) is 24.2 Å². The number of ether oxygens (including phenoxy) is 1. The van der Waals surface area contributed by atoms with Gasteiger partial charge in [-0.2, -0.15) is 0 Å². The molecule has 1 saturated heterocycles. The zero-order chi connectivity index (χ0) is 21.5. The molecular weight excluding hydrogens is 416 g/mol. The zero-order valence-corrected chi connectivity index (χ0v) is 17.9. The molecule has 8 nitrogen and oxygen atoms in total. The maximum absolute atomic E-state index is 12.5. The van der Waals surface area contributed by atoms with Gasteiger partial charge in [-0.05, 0) is 53.1 Å². The molecule has 0 atom stereocenters. The maximum Gasteiger partial charge on any atom is 0.242 e. The van der Waals surface area contributed by atoms with Gasteiger partial charge < -0.3 is 10.1 Å². The topological polar surface area (TPSA) is 85.2 Å². The molecule has 2 heterocycles. The van der Waals surface area contributed by atoms with Gasteiger partial charge in [0.25, 0.3) is 0 Å². The fourth-order valence-corrected chi connectivity index (χ4v) is 3.74. The smallest absolute Gasteiger partial charge is 0.242 e. The van der Waals surface area contributed by atoms with Crippen LogP contribution < -0.4 is 10.1 Å². The Labute approximate surface area is 186 Å². The molecule has 0 bridgehead atoms. The van der Waals surface area contributed by atoms with E-state index in [1.165, 1.54) is 10.2 Å². The highest BCUT2D eigenvalue weighted by Gasteiger charge is 2.21. The normalized spacial score (nSPS) is 15.0. The van der Waals surface area contributed by atoms with Crippen LogP contribution in [-0.4, -0.2) is 50.1 Å². The summed E-state index contributed by atoms with van der Waals surface area (Å²) >= 11 is 5.88. The fraction of sp³-hybridized carbons (Fsp3) is 0.364. The summed E-state index contributed by atoms with van der Waals surface area (Å²) in [4.78, 5) is 14.9. The van der Waals surface area contributed by atoms with Crippen molar-refractivity contribution in [1.82, 2.24) is 30.4 Å². The summed E-state index contributed by atoms with van der Waals surface area (Å²) in [5.41, 5.74) is 1.32. The first-order valence-electron chi connectivity index (χ1n) is 10.3. The summed E-state index contributed by atoms with van der Waals surface area (Å²) in [5.74, 6) is 1.05. The number of hydrogen-bond acceptors (Lipinski definition) is 6. The lowest BCUT2D eigenvalue weighted by molar-refractivity contribution is -0.123. The molecule has 0 unspecified atom stereocenters. The number of halogens is 1. The number of aromatic nitrogens is 4. The van der Waals surface area contributed by atoms with Gasteiger partial charge >= 0.3 is 0 Å². The van der Waals surface area contributed by atoms with E-state index < -0.39 is 0 Å². The lowest BCUT2D eigenvalue weighted by atomic mass is 10.0. The van der Waals surface area contributed by atoms with Crippen molar-refractivity contribution in [1.29, 1.82) is 0 Å². The second-order valence-electron chi connectivity index (χ2n) is 7.60. The maximum atomic E-state index is 12.5. The van der Waals surface area contributed by atoms with E-state index in [0.29, 0.717) is 16.6 Å². The van der Waals surface area contributed by atoms with E-state index in [4.69, 9.17) is 16.3 Å². The van der Waals surface area contributed by atoms with Crippen molar-refractivity contribution in [2.24, 2.45) is 0 Å². The van der Waals surface area contributed by atoms with E-state index in [2.05, 4.69) is 50.0 Å². The van der Waals surface area contributed by atoms with Crippen LogP contribution in [0.3, 0.4) is 0 Å². The molecule has 1 N–H and O–H groups in total. The number of carbonyl (C=O) groups is 1. The average molecular weight is 441 g/mol.